The van der Waals surface area contributed by atoms with Crippen molar-refractivity contribution in [1.82, 2.24) is 9.97 Å². The van der Waals surface area contributed by atoms with Crippen LogP contribution in [-0.4, -0.2) is 17.1 Å². The fourth-order valence-corrected chi connectivity index (χ4v) is 2.51. The van der Waals surface area contributed by atoms with Crippen LogP contribution in [0, 0.1) is 0 Å². The Morgan fingerprint density at radius 3 is 2.32 bits per heavy atom. The van der Waals surface area contributed by atoms with E-state index in [1.807, 2.05) is 54.6 Å². The molecular weight excluding hydrogens is 336 g/mol. The summed E-state index contributed by atoms with van der Waals surface area (Å²) in [4.78, 5) is 8.50. The minimum absolute atomic E-state index is 0.623. The van der Waals surface area contributed by atoms with E-state index in [0.717, 1.165) is 33.5 Å². The maximum Gasteiger partial charge on any atom is 0.131 e. The van der Waals surface area contributed by atoms with Crippen molar-refractivity contribution in [3.63, 3.8) is 0 Å². The molecule has 0 saturated carbocycles. The molecule has 1 heterocycles. The van der Waals surface area contributed by atoms with Crippen LogP contribution in [0.2, 0.25) is 5.02 Å². The van der Waals surface area contributed by atoms with Gasteiger partial charge in [0.1, 0.15) is 23.7 Å². The summed E-state index contributed by atoms with van der Waals surface area (Å²) in [6.45, 7) is 1.29. The smallest absolute Gasteiger partial charge is 0.131 e. The quantitative estimate of drug-likeness (QED) is 0.660. The Hall–Kier alpha value is -2.79. The molecule has 0 fully saturated rings. The average molecular weight is 355 g/mol. The van der Waals surface area contributed by atoms with Crippen molar-refractivity contribution in [3.8, 4) is 5.75 Å². The summed E-state index contributed by atoms with van der Waals surface area (Å²) in [5.74, 6) is 2.36. The summed E-state index contributed by atoms with van der Waals surface area (Å²) >= 11 is 5.90. The van der Waals surface area contributed by atoms with E-state index >= 15 is 0 Å². The largest absolute Gasteiger partial charge is 0.496 e. The van der Waals surface area contributed by atoms with Gasteiger partial charge < -0.3 is 15.4 Å². The van der Waals surface area contributed by atoms with Gasteiger partial charge in [-0.05, 0) is 23.8 Å². The molecule has 0 unspecified atom stereocenters. The van der Waals surface area contributed by atoms with Gasteiger partial charge >= 0.3 is 0 Å². The highest BCUT2D eigenvalue weighted by Crippen LogP contribution is 2.19. The van der Waals surface area contributed by atoms with Crippen LogP contribution in [0.15, 0.2) is 60.9 Å². The number of rotatable bonds is 7. The number of hydrogen-bond donors (Lipinski definition) is 2. The third-order valence-corrected chi connectivity index (χ3v) is 3.96. The predicted octanol–water partition coefficient (Wildman–Crippen LogP) is 4.36. The second-order valence-electron chi connectivity index (χ2n) is 5.43. The molecule has 0 radical (unpaired) electrons. The number of benzene rings is 2. The highest BCUT2D eigenvalue weighted by atomic mass is 35.5. The molecule has 1 aromatic heterocycles. The molecule has 25 heavy (non-hydrogen) atoms. The van der Waals surface area contributed by atoms with Crippen LogP contribution in [0.1, 0.15) is 11.1 Å². The van der Waals surface area contributed by atoms with E-state index in [1.165, 1.54) is 6.33 Å². The van der Waals surface area contributed by atoms with Gasteiger partial charge in [0.15, 0.2) is 0 Å². The normalized spacial score (nSPS) is 10.3. The minimum Gasteiger partial charge on any atom is -0.496 e. The molecule has 3 aromatic rings. The molecule has 0 aliphatic rings. The second kappa shape index (κ2) is 8.35. The highest BCUT2D eigenvalue weighted by molar-refractivity contribution is 6.30. The van der Waals surface area contributed by atoms with E-state index in [4.69, 9.17) is 16.3 Å². The van der Waals surface area contributed by atoms with Gasteiger partial charge in [-0.1, -0.05) is 41.9 Å². The lowest BCUT2D eigenvalue weighted by Crippen LogP contribution is -2.06. The van der Waals surface area contributed by atoms with Crippen molar-refractivity contribution in [1.29, 1.82) is 0 Å². The summed E-state index contributed by atoms with van der Waals surface area (Å²) < 4.78 is 5.36. The van der Waals surface area contributed by atoms with Crippen molar-refractivity contribution in [3.05, 3.63) is 77.1 Å². The molecular formula is C19H19ClN4O. The van der Waals surface area contributed by atoms with Gasteiger partial charge in [0.2, 0.25) is 0 Å². The molecule has 5 nitrogen and oxygen atoms in total. The monoisotopic (exact) mass is 354 g/mol. The Bertz CT molecular complexity index is 824. The van der Waals surface area contributed by atoms with Gasteiger partial charge in [0.05, 0.1) is 7.11 Å². The molecule has 0 bridgehead atoms. The van der Waals surface area contributed by atoms with E-state index in [2.05, 4.69) is 20.6 Å². The number of para-hydroxylation sites is 1. The molecule has 0 amide bonds. The zero-order valence-electron chi connectivity index (χ0n) is 13.9. The topological polar surface area (TPSA) is 59.1 Å². The van der Waals surface area contributed by atoms with Crippen LogP contribution in [-0.2, 0) is 13.1 Å². The van der Waals surface area contributed by atoms with E-state index in [0.29, 0.717) is 13.1 Å². The van der Waals surface area contributed by atoms with Crippen LogP contribution < -0.4 is 15.4 Å². The number of halogens is 1. The number of nitrogens with one attached hydrogen (secondary N) is 2. The second-order valence-corrected chi connectivity index (χ2v) is 5.87. The molecule has 2 aromatic carbocycles. The third-order valence-electron chi connectivity index (χ3n) is 3.71. The summed E-state index contributed by atoms with van der Waals surface area (Å²) in [6, 6.07) is 17.5. The van der Waals surface area contributed by atoms with Crippen molar-refractivity contribution < 1.29 is 4.74 Å². The van der Waals surface area contributed by atoms with Crippen LogP contribution in [0.5, 0.6) is 5.75 Å². The first-order chi connectivity index (χ1) is 12.2. The Labute approximate surface area is 152 Å². The predicted molar refractivity (Wildman–Crippen MR) is 101 cm³/mol. The summed E-state index contributed by atoms with van der Waals surface area (Å²) in [6.07, 6.45) is 1.54. The molecule has 2 N–H and O–H groups in total. The first kappa shape index (κ1) is 17.0. The van der Waals surface area contributed by atoms with Crippen molar-refractivity contribution >= 4 is 23.2 Å². The lowest BCUT2D eigenvalue weighted by molar-refractivity contribution is 0.410. The highest BCUT2D eigenvalue weighted by Gasteiger charge is 2.03. The summed E-state index contributed by atoms with van der Waals surface area (Å²) in [7, 11) is 1.67. The van der Waals surface area contributed by atoms with E-state index in [-0.39, 0.29) is 0 Å². The minimum atomic E-state index is 0.623. The van der Waals surface area contributed by atoms with Gasteiger partial charge in [0.25, 0.3) is 0 Å². The molecule has 0 aliphatic carbocycles. The van der Waals surface area contributed by atoms with Gasteiger partial charge in [-0.2, -0.15) is 0 Å². The van der Waals surface area contributed by atoms with Gasteiger partial charge in [-0.15, -0.1) is 0 Å². The standard InChI is InChI=1S/C19H19ClN4O/c1-25-17-5-3-2-4-15(17)12-22-19-10-18(23-13-24-19)21-11-14-6-8-16(20)9-7-14/h2-10,13H,11-12H2,1H3,(H2,21,22,23,24). The van der Waals surface area contributed by atoms with Gasteiger partial charge in [0, 0.05) is 29.7 Å². The fraction of sp³-hybridized carbons (Fsp3) is 0.158. The summed E-state index contributed by atoms with van der Waals surface area (Å²) in [5, 5.41) is 7.31. The molecule has 0 aliphatic heterocycles. The van der Waals surface area contributed by atoms with E-state index < -0.39 is 0 Å². The first-order valence-electron chi connectivity index (χ1n) is 7.91. The summed E-state index contributed by atoms with van der Waals surface area (Å²) in [5.41, 5.74) is 2.20. The number of methoxy groups -OCH3 is 1. The Kier molecular flexibility index (Phi) is 5.69. The molecule has 0 atom stereocenters. The van der Waals surface area contributed by atoms with Crippen molar-refractivity contribution in [2.24, 2.45) is 0 Å². The molecule has 6 heteroatoms. The van der Waals surface area contributed by atoms with E-state index in [9.17, 15) is 0 Å². The molecule has 0 spiro atoms. The third kappa shape index (κ3) is 4.84. The number of hydrogen-bond acceptors (Lipinski definition) is 5. The maximum atomic E-state index is 5.90. The number of ether oxygens (including phenoxy) is 1. The SMILES string of the molecule is COc1ccccc1CNc1cc(NCc2ccc(Cl)cc2)ncn1. The average Bonchev–Trinajstić information content (AvgIpc) is 2.66. The maximum absolute atomic E-state index is 5.90. The Morgan fingerprint density at radius 2 is 1.60 bits per heavy atom. The van der Waals surface area contributed by atoms with Gasteiger partial charge in [-0.25, -0.2) is 9.97 Å². The van der Waals surface area contributed by atoms with Crippen LogP contribution >= 0.6 is 11.6 Å². The zero-order valence-corrected chi connectivity index (χ0v) is 14.6. The zero-order chi connectivity index (χ0) is 17.5. The fourth-order valence-electron chi connectivity index (χ4n) is 2.38. The number of anilines is 2. The van der Waals surface area contributed by atoms with E-state index in [1.54, 1.807) is 7.11 Å². The van der Waals surface area contributed by atoms with Crippen LogP contribution in [0.3, 0.4) is 0 Å². The Morgan fingerprint density at radius 1 is 0.920 bits per heavy atom. The molecule has 0 saturated heterocycles. The lowest BCUT2D eigenvalue weighted by Gasteiger charge is -2.11. The number of nitrogens with zero attached hydrogens (tertiary/aromatic N) is 2. The molecule has 3 rings (SSSR count). The van der Waals surface area contributed by atoms with Crippen molar-refractivity contribution in [2.75, 3.05) is 17.7 Å². The van der Waals surface area contributed by atoms with Gasteiger partial charge in [-0.3, -0.25) is 0 Å². The van der Waals surface area contributed by atoms with Crippen LogP contribution in [0.25, 0.3) is 0 Å². The number of aromatic nitrogens is 2. The Balaban J connectivity index is 1.60. The lowest BCUT2D eigenvalue weighted by atomic mass is 10.2. The first-order valence-corrected chi connectivity index (χ1v) is 8.28. The van der Waals surface area contributed by atoms with Crippen molar-refractivity contribution in [2.45, 2.75) is 13.1 Å². The molecule has 128 valence electrons. The van der Waals surface area contributed by atoms with Crippen LogP contribution in [0.4, 0.5) is 11.6 Å².